The highest BCUT2D eigenvalue weighted by atomic mass is 19.4. The third kappa shape index (κ3) is 6.26. The topological polar surface area (TPSA) is 133 Å². The van der Waals surface area contributed by atoms with Gasteiger partial charge in [-0.25, -0.2) is 24.7 Å². The summed E-state index contributed by atoms with van der Waals surface area (Å²) in [5.41, 5.74) is 0.477. The molecule has 0 aliphatic carbocycles. The van der Waals surface area contributed by atoms with Crippen LogP contribution in [-0.2, 0) is 15.7 Å². The van der Waals surface area contributed by atoms with Crippen molar-refractivity contribution in [3.05, 3.63) is 60.2 Å². The Hall–Kier alpha value is -4.75. The van der Waals surface area contributed by atoms with E-state index in [9.17, 15) is 22.8 Å². The second-order valence-electron chi connectivity index (χ2n) is 12.2. The summed E-state index contributed by atoms with van der Waals surface area (Å²) >= 11 is 0. The molecule has 0 unspecified atom stereocenters. The summed E-state index contributed by atoms with van der Waals surface area (Å²) in [6.07, 6.45) is 4.45. The van der Waals surface area contributed by atoms with Gasteiger partial charge in [0.2, 0.25) is 0 Å². The van der Waals surface area contributed by atoms with Crippen molar-refractivity contribution in [1.29, 1.82) is 0 Å². The molecule has 0 bridgehead atoms. The Morgan fingerprint density at radius 1 is 0.889 bits per heavy atom. The van der Waals surface area contributed by atoms with Gasteiger partial charge in [-0.2, -0.15) is 13.2 Å². The molecule has 2 amide bonds. The highest BCUT2D eigenvalue weighted by Crippen LogP contribution is 2.39. The van der Waals surface area contributed by atoms with Gasteiger partial charge in [0.25, 0.3) is 0 Å². The molecular formula is C31H32F3N8O3. The smallest absolute Gasteiger partial charge is 0.435 e. The molecule has 2 aliphatic heterocycles. The second-order valence-corrected chi connectivity index (χ2v) is 12.2. The van der Waals surface area contributed by atoms with E-state index in [2.05, 4.69) is 29.9 Å². The summed E-state index contributed by atoms with van der Waals surface area (Å²) in [5, 5.41) is 0. The minimum Gasteiger partial charge on any atom is -0.444 e. The zero-order valence-electron chi connectivity index (χ0n) is 25.0. The van der Waals surface area contributed by atoms with Crippen LogP contribution in [0.4, 0.5) is 18.0 Å². The number of carbonyl (C=O) groups excluding carboxylic acids is 2. The summed E-state index contributed by atoms with van der Waals surface area (Å²) in [6.45, 7) is 6.50. The lowest BCUT2D eigenvalue weighted by atomic mass is 10.1. The third-order valence-corrected chi connectivity index (χ3v) is 7.86. The number of amides is 2. The van der Waals surface area contributed by atoms with Gasteiger partial charge in [-0.15, -0.1) is 0 Å². The van der Waals surface area contributed by atoms with E-state index < -0.39 is 23.5 Å². The minimum atomic E-state index is -4.69. The number of H-pyrrole nitrogens is 2. The SMILES string of the molecule is CC(C)(C)OC(=O)N1CCC[C@H]1c1ncc(-c2cnc(-c3ccc(-c4[nH]c([C@@H]5CCCN5[C]=O)nc4C(F)(F)F)cc3)nc2)[nH]1. The zero-order chi connectivity index (χ0) is 31.9. The monoisotopic (exact) mass is 621 g/mol. The Balaban J connectivity index is 1.19. The van der Waals surface area contributed by atoms with Crippen molar-refractivity contribution in [3.63, 3.8) is 0 Å². The van der Waals surface area contributed by atoms with Crippen molar-refractivity contribution < 1.29 is 27.5 Å². The van der Waals surface area contributed by atoms with E-state index in [0.717, 1.165) is 12.8 Å². The van der Waals surface area contributed by atoms with E-state index in [0.29, 0.717) is 60.0 Å². The lowest BCUT2D eigenvalue weighted by molar-refractivity contribution is -0.140. The maximum atomic E-state index is 13.9. The predicted molar refractivity (Wildman–Crippen MR) is 157 cm³/mol. The number of hydrogen-bond donors (Lipinski definition) is 2. The largest absolute Gasteiger partial charge is 0.444 e. The number of alkyl halides is 3. The summed E-state index contributed by atoms with van der Waals surface area (Å²) in [5.74, 6) is 1.13. The summed E-state index contributed by atoms with van der Waals surface area (Å²) in [4.78, 5) is 50.4. The Bertz CT molecular complexity index is 1680. The number of ether oxygens (including phenoxy) is 1. The number of aromatic amines is 2. The quantitative estimate of drug-likeness (QED) is 0.261. The molecule has 0 saturated carbocycles. The molecule has 4 aromatic rings. The van der Waals surface area contributed by atoms with Gasteiger partial charge in [-0.3, -0.25) is 9.69 Å². The zero-order valence-corrected chi connectivity index (χ0v) is 25.0. The van der Waals surface area contributed by atoms with Gasteiger partial charge in [0.15, 0.2) is 11.5 Å². The summed E-state index contributed by atoms with van der Waals surface area (Å²) < 4.78 is 47.3. The van der Waals surface area contributed by atoms with Gasteiger partial charge in [-0.05, 0) is 46.5 Å². The maximum absolute atomic E-state index is 13.9. The van der Waals surface area contributed by atoms with Crippen LogP contribution in [0.1, 0.15) is 75.9 Å². The number of nitrogens with one attached hydrogen (secondary N) is 2. The van der Waals surface area contributed by atoms with Crippen molar-refractivity contribution >= 4 is 12.5 Å². The first-order chi connectivity index (χ1) is 21.4. The van der Waals surface area contributed by atoms with Crippen LogP contribution in [0.2, 0.25) is 0 Å². The van der Waals surface area contributed by atoms with E-state index in [-0.39, 0.29) is 23.7 Å². The van der Waals surface area contributed by atoms with Gasteiger partial charge in [0.1, 0.15) is 17.2 Å². The molecule has 2 aliphatic rings. The molecule has 1 radical (unpaired) electrons. The lowest BCUT2D eigenvalue weighted by Gasteiger charge is -2.27. The number of rotatable bonds is 6. The van der Waals surface area contributed by atoms with Crippen molar-refractivity contribution in [2.75, 3.05) is 13.1 Å². The number of nitrogens with zero attached hydrogens (tertiary/aromatic N) is 6. The van der Waals surface area contributed by atoms with E-state index in [1.54, 1.807) is 54.2 Å². The first-order valence-electron chi connectivity index (χ1n) is 14.7. The Morgan fingerprint density at radius 3 is 2.22 bits per heavy atom. The van der Waals surface area contributed by atoms with Gasteiger partial charge >= 0.3 is 18.7 Å². The molecule has 2 N–H and O–H groups in total. The molecule has 5 heterocycles. The van der Waals surface area contributed by atoms with Crippen molar-refractivity contribution in [3.8, 4) is 33.9 Å². The van der Waals surface area contributed by atoms with Crippen LogP contribution in [0.5, 0.6) is 0 Å². The molecule has 2 atom stereocenters. The number of hydrogen-bond acceptors (Lipinski definition) is 7. The second kappa shape index (κ2) is 11.6. The molecule has 6 rings (SSSR count). The lowest BCUT2D eigenvalue weighted by Crippen LogP contribution is -2.36. The fourth-order valence-corrected chi connectivity index (χ4v) is 5.77. The molecular weight excluding hydrogens is 589 g/mol. The standard InChI is InChI=1S/C31H32F3N8O3/c1-30(2,3)45-29(44)42-13-5-7-23(42)27-37-16-21(38-27)20-14-35-26(36-15-20)19-10-8-18(9-11-19)24-25(31(32,33)34)40-28(39-24)22-6-4-12-41(22)17-43/h8-11,14-16,22-23H,4-7,12-13H2,1-3H3,(H,37,38)(H,39,40)/t22-,23-/m0/s1. The van der Waals surface area contributed by atoms with Crippen molar-refractivity contribution in [1.82, 2.24) is 39.7 Å². The van der Waals surface area contributed by atoms with Gasteiger partial charge in [-0.1, -0.05) is 24.3 Å². The fraction of sp³-hybridized carbons (Fsp3) is 0.419. The number of aromatic nitrogens is 6. The summed E-state index contributed by atoms with van der Waals surface area (Å²) in [6, 6.07) is 5.60. The average Bonchev–Trinajstić information content (AvgIpc) is 3.81. The highest BCUT2D eigenvalue weighted by Gasteiger charge is 2.40. The molecule has 3 aromatic heterocycles. The van der Waals surface area contributed by atoms with Gasteiger partial charge in [0.05, 0.1) is 29.7 Å². The average molecular weight is 622 g/mol. The molecule has 0 spiro atoms. The van der Waals surface area contributed by atoms with Crippen molar-refractivity contribution in [2.24, 2.45) is 0 Å². The van der Waals surface area contributed by atoms with Crippen LogP contribution >= 0.6 is 0 Å². The van der Waals surface area contributed by atoms with Crippen LogP contribution in [0.15, 0.2) is 42.9 Å². The third-order valence-electron chi connectivity index (χ3n) is 7.86. The highest BCUT2D eigenvalue weighted by molar-refractivity contribution is 5.70. The van der Waals surface area contributed by atoms with Crippen LogP contribution < -0.4 is 0 Å². The van der Waals surface area contributed by atoms with Gasteiger partial charge in [0, 0.05) is 42.2 Å². The minimum absolute atomic E-state index is 0.0913. The van der Waals surface area contributed by atoms with Crippen LogP contribution in [0.25, 0.3) is 33.9 Å². The first-order valence-corrected chi connectivity index (χ1v) is 14.7. The number of likely N-dealkylation sites (tertiary alicyclic amines) is 2. The van der Waals surface area contributed by atoms with Gasteiger partial charge < -0.3 is 19.6 Å². The maximum Gasteiger partial charge on any atom is 0.435 e. The van der Waals surface area contributed by atoms with Crippen molar-refractivity contribution in [2.45, 2.75) is 70.3 Å². The molecule has 1 aromatic carbocycles. The summed E-state index contributed by atoms with van der Waals surface area (Å²) in [7, 11) is 0. The van der Waals surface area contributed by atoms with E-state index in [1.807, 2.05) is 20.8 Å². The Labute approximate surface area is 257 Å². The Morgan fingerprint density at radius 2 is 1.56 bits per heavy atom. The fourth-order valence-electron chi connectivity index (χ4n) is 5.77. The number of imidazole rings is 2. The predicted octanol–water partition coefficient (Wildman–Crippen LogP) is 6.22. The van der Waals surface area contributed by atoms with E-state index >= 15 is 0 Å². The molecule has 2 fully saturated rings. The number of benzene rings is 1. The molecule has 14 heteroatoms. The molecule has 2 saturated heterocycles. The normalized spacial score (nSPS) is 18.9. The molecule has 11 nitrogen and oxygen atoms in total. The number of carbonyl (C=O) groups is 1. The van der Waals surface area contributed by atoms with E-state index in [1.165, 1.54) is 4.90 Å². The van der Waals surface area contributed by atoms with Crippen LogP contribution in [0.3, 0.4) is 0 Å². The van der Waals surface area contributed by atoms with Crippen LogP contribution in [0, 0.1) is 0 Å². The number of halogens is 3. The molecule has 235 valence electrons. The van der Waals surface area contributed by atoms with E-state index in [4.69, 9.17) is 4.74 Å². The molecule has 45 heavy (non-hydrogen) atoms. The van der Waals surface area contributed by atoms with Crippen LogP contribution in [-0.4, -0.2) is 70.9 Å². The Kier molecular flexibility index (Phi) is 7.83. The first kappa shape index (κ1) is 30.3.